The van der Waals surface area contributed by atoms with Crippen molar-refractivity contribution in [3.8, 4) is 0 Å². The van der Waals surface area contributed by atoms with E-state index in [1.165, 1.54) is 12.8 Å². The van der Waals surface area contributed by atoms with Crippen molar-refractivity contribution in [2.45, 2.75) is 52.2 Å². The predicted octanol–water partition coefficient (Wildman–Crippen LogP) is 3.03. The zero-order valence-corrected chi connectivity index (χ0v) is 13.9. The van der Waals surface area contributed by atoms with E-state index in [1.807, 2.05) is 0 Å². The van der Waals surface area contributed by atoms with Crippen LogP contribution >= 0.6 is 0 Å². The van der Waals surface area contributed by atoms with Gasteiger partial charge in [-0.25, -0.2) is 0 Å². The van der Waals surface area contributed by atoms with E-state index in [4.69, 9.17) is 9.15 Å². The first-order valence-corrected chi connectivity index (χ1v) is 8.01. The van der Waals surface area contributed by atoms with Crippen LogP contribution < -0.4 is 5.32 Å². The van der Waals surface area contributed by atoms with Crippen LogP contribution in [0.25, 0.3) is 0 Å². The Bertz CT molecular complexity index is 419. The summed E-state index contributed by atoms with van der Waals surface area (Å²) in [7, 11) is 2.11. The topological polar surface area (TPSA) is 37.6 Å². The van der Waals surface area contributed by atoms with E-state index in [0.717, 1.165) is 50.3 Å². The fourth-order valence-corrected chi connectivity index (χ4v) is 2.05. The zero-order valence-electron chi connectivity index (χ0n) is 13.9. The molecule has 1 N–H and O–H groups in total. The van der Waals surface area contributed by atoms with Crippen LogP contribution in [0.3, 0.4) is 0 Å². The Hall–Kier alpha value is -0.840. The van der Waals surface area contributed by atoms with E-state index < -0.39 is 0 Å². The van der Waals surface area contributed by atoms with Crippen molar-refractivity contribution in [2.24, 2.45) is 5.92 Å². The highest BCUT2D eigenvalue weighted by Crippen LogP contribution is 2.28. The predicted molar refractivity (Wildman–Crippen MR) is 85.2 cm³/mol. The summed E-state index contributed by atoms with van der Waals surface area (Å²) in [6, 6.07) is 4.13. The third-order valence-corrected chi connectivity index (χ3v) is 3.60. The molecule has 1 aliphatic carbocycles. The molecule has 1 heterocycles. The van der Waals surface area contributed by atoms with Crippen LogP contribution in [0.2, 0.25) is 0 Å². The molecule has 1 saturated carbocycles. The number of likely N-dealkylation sites (N-methyl/N-ethyl adjacent to an activating group) is 1. The minimum Gasteiger partial charge on any atom is -0.463 e. The number of furan rings is 1. The molecule has 4 heteroatoms. The second-order valence-corrected chi connectivity index (χ2v) is 7.23. The van der Waals surface area contributed by atoms with E-state index in [0.29, 0.717) is 0 Å². The monoisotopic (exact) mass is 294 g/mol. The van der Waals surface area contributed by atoms with Crippen molar-refractivity contribution in [3.05, 3.63) is 23.7 Å². The second kappa shape index (κ2) is 7.43. The van der Waals surface area contributed by atoms with Gasteiger partial charge in [0.15, 0.2) is 0 Å². The van der Waals surface area contributed by atoms with Crippen molar-refractivity contribution in [1.82, 2.24) is 10.2 Å². The van der Waals surface area contributed by atoms with Crippen LogP contribution in [0.4, 0.5) is 0 Å². The molecule has 1 aromatic rings. The number of hydrogen-bond donors (Lipinski definition) is 1. The highest BCUT2D eigenvalue weighted by molar-refractivity contribution is 5.07. The van der Waals surface area contributed by atoms with Gasteiger partial charge in [0, 0.05) is 18.7 Å². The summed E-state index contributed by atoms with van der Waals surface area (Å²) in [5, 5.41) is 3.44. The fourth-order valence-electron chi connectivity index (χ4n) is 2.05. The van der Waals surface area contributed by atoms with Gasteiger partial charge >= 0.3 is 0 Å². The second-order valence-electron chi connectivity index (χ2n) is 7.23. The average molecular weight is 294 g/mol. The SMILES string of the molecule is CN(CCOCC1CC1)Cc1ccc(CNC(C)(C)C)o1. The minimum absolute atomic E-state index is 0.114. The molecule has 0 aromatic carbocycles. The molecule has 1 aromatic heterocycles. The summed E-state index contributed by atoms with van der Waals surface area (Å²) in [5.74, 6) is 2.86. The third-order valence-electron chi connectivity index (χ3n) is 3.60. The highest BCUT2D eigenvalue weighted by Gasteiger charge is 2.21. The Morgan fingerprint density at radius 1 is 1.29 bits per heavy atom. The molecule has 0 bridgehead atoms. The molecule has 0 spiro atoms. The summed E-state index contributed by atoms with van der Waals surface area (Å²) in [4.78, 5) is 2.24. The number of nitrogens with one attached hydrogen (secondary N) is 1. The Morgan fingerprint density at radius 2 is 2.00 bits per heavy atom. The molecule has 0 saturated heterocycles. The standard InChI is InChI=1S/C17H30N2O2/c1-17(2,3)18-11-15-7-8-16(21-15)12-19(4)9-10-20-13-14-5-6-14/h7-8,14,18H,5-6,9-13H2,1-4H3. The van der Waals surface area contributed by atoms with Crippen LogP contribution in [0.5, 0.6) is 0 Å². The summed E-state index contributed by atoms with van der Waals surface area (Å²) in [5.41, 5.74) is 0.114. The fraction of sp³-hybridized carbons (Fsp3) is 0.765. The van der Waals surface area contributed by atoms with E-state index in [1.54, 1.807) is 0 Å². The number of rotatable bonds is 9. The Labute approximate surface area is 128 Å². The van der Waals surface area contributed by atoms with E-state index >= 15 is 0 Å². The van der Waals surface area contributed by atoms with E-state index in [2.05, 4.69) is 50.2 Å². The van der Waals surface area contributed by atoms with Crippen LogP contribution in [0.1, 0.15) is 45.1 Å². The van der Waals surface area contributed by atoms with Crippen molar-refractivity contribution in [1.29, 1.82) is 0 Å². The van der Waals surface area contributed by atoms with Gasteiger partial charge < -0.3 is 14.5 Å². The first-order valence-electron chi connectivity index (χ1n) is 8.01. The Morgan fingerprint density at radius 3 is 2.67 bits per heavy atom. The summed E-state index contributed by atoms with van der Waals surface area (Å²) < 4.78 is 11.5. The van der Waals surface area contributed by atoms with Gasteiger partial charge in [0.2, 0.25) is 0 Å². The van der Waals surface area contributed by atoms with Gasteiger partial charge in [-0.3, -0.25) is 4.90 Å². The van der Waals surface area contributed by atoms with Crippen molar-refractivity contribution in [3.63, 3.8) is 0 Å². The van der Waals surface area contributed by atoms with Crippen LogP contribution in [0.15, 0.2) is 16.5 Å². The van der Waals surface area contributed by atoms with Gasteiger partial charge in [0.1, 0.15) is 11.5 Å². The maximum atomic E-state index is 5.86. The molecule has 0 unspecified atom stereocenters. The van der Waals surface area contributed by atoms with Crippen molar-refractivity contribution < 1.29 is 9.15 Å². The zero-order chi connectivity index (χ0) is 15.3. The minimum atomic E-state index is 0.114. The lowest BCUT2D eigenvalue weighted by Gasteiger charge is -2.19. The average Bonchev–Trinajstić information content (AvgIpc) is 3.11. The molecule has 4 nitrogen and oxygen atoms in total. The molecule has 0 atom stereocenters. The molecular formula is C17H30N2O2. The van der Waals surface area contributed by atoms with Crippen molar-refractivity contribution in [2.75, 3.05) is 26.8 Å². The number of nitrogens with zero attached hydrogens (tertiary/aromatic N) is 1. The lowest BCUT2D eigenvalue weighted by atomic mass is 10.1. The molecule has 0 amide bonds. The van der Waals surface area contributed by atoms with Gasteiger partial charge in [-0.05, 0) is 58.7 Å². The third kappa shape index (κ3) is 7.11. The van der Waals surface area contributed by atoms with Crippen LogP contribution in [-0.2, 0) is 17.8 Å². The first-order chi connectivity index (χ1) is 9.92. The highest BCUT2D eigenvalue weighted by atomic mass is 16.5. The van der Waals surface area contributed by atoms with Crippen LogP contribution in [-0.4, -0.2) is 37.2 Å². The maximum Gasteiger partial charge on any atom is 0.118 e. The molecule has 2 rings (SSSR count). The molecule has 21 heavy (non-hydrogen) atoms. The molecule has 1 aliphatic rings. The number of hydrogen-bond acceptors (Lipinski definition) is 4. The molecule has 120 valence electrons. The lowest BCUT2D eigenvalue weighted by Crippen LogP contribution is -2.34. The van der Waals surface area contributed by atoms with Gasteiger partial charge in [-0.2, -0.15) is 0 Å². The van der Waals surface area contributed by atoms with Gasteiger partial charge in [-0.1, -0.05) is 0 Å². The van der Waals surface area contributed by atoms with E-state index in [9.17, 15) is 0 Å². The van der Waals surface area contributed by atoms with Crippen molar-refractivity contribution >= 4 is 0 Å². The maximum absolute atomic E-state index is 5.86. The quantitative estimate of drug-likeness (QED) is 0.710. The Kier molecular flexibility index (Phi) is 5.85. The summed E-state index contributed by atoms with van der Waals surface area (Å²) in [6.07, 6.45) is 2.71. The van der Waals surface area contributed by atoms with Gasteiger partial charge in [0.25, 0.3) is 0 Å². The summed E-state index contributed by atoms with van der Waals surface area (Å²) >= 11 is 0. The normalized spacial score (nSPS) is 15.9. The molecule has 1 fully saturated rings. The van der Waals surface area contributed by atoms with Gasteiger partial charge in [0.05, 0.1) is 19.7 Å². The smallest absolute Gasteiger partial charge is 0.118 e. The Balaban J connectivity index is 1.63. The summed E-state index contributed by atoms with van der Waals surface area (Å²) in [6.45, 7) is 10.8. The van der Waals surface area contributed by atoms with Gasteiger partial charge in [-0.15, -0.1) is 0 Å². The lowest BCUT2D eigenvalue weighted by molar-refractivity contribution is 0.0998. The molecular weight excluding hydrogens is 264 g/mol. The van der Waals surface area contributed by atoms with Crippen LogP contribution in [0, 0.1) is 5.92 Å². The largest absolute Gasteiger partial charge is 0.463 e. The molecule has 0 radical (unpaired) electrons. The first kappa shape index (κ1) is 16.5. The number of ether oxygens (including phenoxy) is 1. The molecule has 0 aliphatic heterocycles. The van der Waals surface area contributed by atoms with E-state index in [-0.39, 0.29) is 5.54 Å².